The molecule has 1 fully saturated rings. The molecule has 1 heterocycles. The van der Waals surface area contributed by atoms with Crippen molar-refractivity contribution in [1.82, 2.24) is 4.90 Å². The minimum absolute atomic E-state index is 0.0676. The SMILES string of the molecule is CCOc1ccc(C(=O)C2CCN(CC(=O)Nc3ccc([N+](=O)[O-])cc3OC)CC2)cc1. The van der Waals surface area contributed by atoms with Crippen LogP contribution in [0, 0.1) is 16.0 Å². The van der Waals surface area contributed by atoms with E-state index in [-0.39, 0.29) is 35.6 Å². The van der Waals surface area contributed by atoms with E-state index >= 15 is 0 Å². The molecule has 1 aliphatic rings. The smallest absolute Gasteiger partial charge is 0.273 e. The van der Waals surface area contributed by atoms with Crippen LogP contribution in [0.2, 0.25) is 0 Å². The molecule has 0 aromatic heterocycles. The Morgan fingerprint density at radius 2 is 1.84 bits per heavy atom. The second-order valence-corrected chi connectivity index (χ2v) is 7.56. The predicted molar refractivity (Wildman–Crippen MR) is 119 cm³/mol. The van der Waals surface area contributed by atoms with Crippen LogP contribution < -0.4 is 14.8 Å². The van der Waals surface area contributed by atoms with Gasteiger partial charge in [0, 0.05) is 17.5 Å². The molecular weight excluding hydrogens is 414 g/mol. The molecule has 1 aliphatic heterocycles. The van der Waals surface area contributed by atoms with Gasteiger partial charge in [-0.25, -0.2) is 0 Å². The Morgan fingerprint density at radius 1 is 1.16 bits per heavy atom. The number of Topliss-reactive ketones (excluding diaryl/α,β-unsaturated/α-hetero) is 1. The number of piperidine rings is 1. The zero-order valence-electron chi connectivity index (χ0n) is 18.2. The van der Waals surface area contributed by atoms with E-state index in [1.807, 2.05) is 24.0 Å². The fraction of sp³-hybridized carbons (Fsp3) is 0.391. The Hall–Kier alpha value is -3.46. The van der Waals surface area contributed by atoms with E-state index in [9.17, 15) is 19.7 Å². The van der Waals surface area contributed by atoms with Gasteiger partial charge in [0.25, 0.3) is 5.69 Å². The number of non-ortho nitro benzene ring substituents is 1. The van der Waals surface area contributed by atoms with Crippen LogP contribution in [-0.4, -0.2) is 54.9 Å². The summed E-state index contributed by atoms with van der Waals surface area (Å²) >= 11 is 0. The van der Waals surface area contributed by atoms with Crippen molar-refractivity contribution in [2.75, 3.05) is 38.7 Å². The van der Waals surface area contributed by atoms with Crippen molar-refractivity contribution in [2.45, 2.75) is 19.8 Å². The highest BCUT2D eigenvalue weighted by Crippen LogP contribution is 2.29. The number of carbonyl (C=O) groups is 2. The normalized spacial score (nSPS) is 14.6. The third-order valence-corrected chi connectivity index (χ3v) is 5.45. The zero-order chi connectivity index (χ0) is 23.1. The Labute approximate surface area is 186 Å². The molecule has 1 amide bonds. The van der Waals surface area contributed by atoms with Crippen LogP contribution in [0.5, 0.6) is 11.5 Å². The van der Waals surface area contributed by atoms with Gasteiger partial charge in [0.15, 0.2) is 5.78 Å². The number of likely N-dealkylation sites (tertiary alicyclic amines) is 1. The molecule has 0 spiro atoms. The predicted octanol–water partition coefficient (Wildman–Crippen LogP) is 3.54. The summed E-state index contributed by atoms with van der Waals surface area (Å²) < 4.78 is 10.6. The molecule has 0 bridgehead atoms. The maximum Gasteiger partial charge on any atom is 0.273 e. The van der Waals surface area contributed by atoms with Gasteiger partial charge in [-0.05, 0) is 63.2 Å². The second-order valence-electron chi connectivity index (χ2n) is 7.56. The lowest BCUT2D eigenvalue weighted by Gasteiger charge is -2.30. The van der Waals surface area contributed by atoms with Gasteiger partial charge in [0.05, 0.1) is 36.9 Å². The molecule has 0 aliphatic carbocycles. The summed E-state index contributed by atoms with van der Waals surface area (Å²) in [7, 11) is 1.39. The highest BCUT2D eigenvalue weighted by molar-refractivity contribution is 5.98. The minimum atomic E-state index is -0.521. The van der Waals surface area contributed by atoms with E-state index in [1.165, 1.54) is 25.3 Å². The summed E-state index contributed by atoms with van der Waals surface area (Å²) in [5, 5.41) is 13.6. The molecule has 0 unspecified atom stereocenters. The first-order valence-corrected chi connectivity index (χ1v) is 10.5. The van der Waals surface area contributed by atoms with Crippen molar-refractivity contribution in [3.63, 3.8) is 0 Å². The van der Waals surface area contributed by atoms with Crippen molar-refractivity contribution in [1.29, 1.82) is 0 Å². The van der Waals surface area contributed by atoms with Gasteiger partial charge in [0.1, 0.15) is 11.5 Å². The van der Waals surface area contributed by atoms with Crippen molar-refractivity contribution >= 4 is 23.1 Å². The number of nitrogens with one attached hydrogen (secondary N) is 1. The number of nitro benzene ring substituents is 1. The summed E-state index contributed by atoms with van der Waals surface area (Å²) in [6.45, 7) is 3.94. The van der Waals surface area contributed by atoms with Crippen LogP contribution >= 0.6 is 0 Å². The number of benzene rings is 2. The Balaban J connectivity index is 1.51. The quantitative estimate of drug-likeness (QED) is 0.360. The first kappa shape index (κ1) is 23.2. The number of ether oxygens (including phenoxy) is 2. The van der Waals surface area contributed by atoms with Crippen LogP contribution in [0.1, 0.15) is 30.1 Å². The van der Waals surface area contributed by atoms with Crippen LogP contribution in [0.4, 0.5) is 11.4 Å². The molecule has 0 saturated carbocycles. The fourth-order valence-corrected chi connectivity index (χ4v) is 3.76. The number of anilines is 1. The van der Waals surface area contributed by atoms with Crippen LogP contribution in [0.15, 0.2) is 42.5 Å². The second kappa shape index (κ2) is 10.7. The molecule has 170 valence electrons. The van der Waals surface area contributed by atoms with E-state index in [2.05, 4.69) is 5.32 Å². The number of nitro groups is 1. The number of hydrogen-bond acceptors (Lipinski definition) is 7. The number of amides is 1. The van der Waals surface area contributed by atoms with Gasteiger partial charge in [0.2, 0.25) is 5.91 Å². The van der Waals surface area contributed by atoms with Gasteiger partial charge in [-0.15, -0.1) is 0 Å². The lowest BCUT2D eigenvalue weighted by Crippen LogP contribution is -2.40. The Kier molecular flexibility index (Phi) is 7.77. The highest BCUT2D eigenvalue weighted by atomic mass is 16.6. The third-order valence-electron chi connectivity index (χ3n) is 5.45. The molecule has 3 rings (SSSR count). The van der Waals surface area contributed by atoms with Gasteiger partial charge in [-0.3, -0.25) is 24.6 Å². The average Bonchev–Trinajstić information content (AvgIpc) is 2.80. The van der Waals surface area contributed by atoms with E-state index in [1.54, 1.807) is 12.1 Å². The third kappa shape index (κ3) is 5.82. The summed E-state index contributed by atoms with van der Waals surface area (Å²) in [6.07, 6.45) is 1.36. The number of rotatable bonds is 9. The molecule has 1 saturated heterocycles. The molecule has 32 heavy (non-hydrogen) atoms. The van der Waals surface area contributed by atoms with E-state index in [0.29, 0.717) is 43.8 Å². The van der Waals surface area contributed by atoms with Gasteiger partial charge < -0.3 is 14.8 Å². The maximum absolute atomic E-state index is 12.8. The average molecular weight is 441 g/mol. The number of methoxy groups -OCH3 is 1. The summed E-state index contributed by atoms with van der Waals surface area (Å²) in [4.78, 5) is 37.6. The standard InChI is InChI=1S/C23H27N3O6/c1-3-32-19-7-4-16(5-8-19)23(28)17-10-12-25(13-11-17)15-22(27)24-20-9-6-18(26(29)30)14-21(20)31-2/h4-9,14,17H,3,10-13,15H2,1-2H3,(H,24,27). The lowest BCUT2D eigenvalue weighted by atomic mass is 9.89. The van der Waals surface area contributed by atoms with Gasteiger partial charge in [-0.1, -0.05) is 0 Å². The molecule has 1 N–H and O–H groups in total. The largest absolute Gasteiger partial charge is 0.494 e. The molecular formula is C23H27N3O6. The number of carbonyl (C=O) groups excluding carboxylic acids is 2. The molecule has 9 nitrogen and oxygen atoms in total. The van der Waals surface area contributed by atoms with Crippen molar-refractivity contribution in [2.24, 2.45) is 5.92 Å². The lowest BCUT2D eigenvalue weighted by molar-refractivity contribution is -0.384. The molecule has 2 aromatic rings. The monoisotopic (exact) mass is 441 g/mol. The first-order chi connectivity index (χ1) is 15.4. The molecule has 0 atom stereocenters. The minimum Gasteiger partial charge on any atom is -0.494 e. The maximum atomic E-state index is 12.8. The number of ketones is 1. The number of nitrogens with zero attached hydrogens (tertiary/aromatic N) is 2. The zero-order valence-corrected chi connectivity index (χ0v) is 18.2. The Bertz CT molecular complexity index is 968. The molecule has 9 heteroatoms. The summed E-state index contributed by atoms with van der Waals surface area (Å²) in [6, 6.07) is 11.3. The van der Waals surface area contributed by atoms with Crippen molar-refractivity contribution in [3.05, 3.63) is 58.1 Å². The van der Waals surface area contributed by atoms with Crippen molar-refractivity contribution < 1.29 is 24.0 Å². The number of hydrogen-bond donors (Lipinski definition) is 1. The molecule has 2 aromatic carbocycles. The first-order valence-electron chi connectivity index (χ1n) is 10.5. The summed E-state index contributed by atoms with van der Waals surface area (Å²) in [5.41, 5.74) is 0.942. The van der Waals surface area contributed by atoms with Crippen molar-refractivity contribution in [3.8, 4) is 11.5 Å². The summed E-state index contributed by atoms with van der Waals surface area (Å²) in [5.74, 6) is 0.782. The van der Waals surface area contributed by atoms with E-state index < -0.39 is 4.92 Å². The van der Waals surface area contributed by atoms with Gasteiger partial charge >= 0.3 is 0 Å². The molecule has 0 radical (unpaired) electrons. The highest BCUT2D eigenvalue weighted by Gasteiger charge is 2.27. The topological polar surface area (TPSA) is 111 Å². The van der Waals surface area contributed by atoms with E-state index in [4.69, 9.17) is 9.47 Å². The van der Waals surface area contributed by atoms with E-state index in [0.717, 1.165) is 5.75 Å². The van der Waals surface area contributed by atoms with Crippen LogP contribution in [-0.2, 0) is 4.79 Å². The van der Waals surface area contributed by atoms with Gasteiger partial charge in [-0.2, -0.15) is 0 Å². The Morgan fingerprint density at radius 3 is 2.44 bits per heavy atom. The van der Waals surface area contributed by atoms with Crippen LogP contribution in [0.25, 0.3) is 0 Å². The fourth-order valence-electron chi connectivity index (χ4n) is 3.76. The van der Waals surface area contributed by atoms with Crippen LogP contribution in [0.3, 0.4) is 0 Å².